The van der Waals surface area contributed by atoms with E-state index in [-0.39, 0.29) is 5.75 Å². The molecule has 0 amide bonds. The first-order valence-corrected chi connectivity index (χ1v) is 13.8. The Labute approximate surface area is 231 Å². The van der Waals surface area contributed by atoms with Crippen molar-refractivity contribution in [1.82, 2.24) is 0 Å². The van der Waals surface area contributed by atoms with Crippen LogP contribution in [0.2, 0.25) is 0 Å². The molecule has 0 saturated carbocycles. The van der Waals surface area contributed by atoms with E-state index in [0.717, 1.165) is 40.8 Å². The minimum absolute atomic E-state index is 0.162. The lowest BCUT2D eigenvalue weighted by atomic mass is 9.76. The van der Waals surface area contributed by atoms with E-state index in [0.29, 0.717) is 17.6 Å². The fraction of sp³-hybridized carbons (Fsp3) is 0.219. The molecule has 4 aromatic rings. The number of aliphatic imine (C=N–C) groups is 1. The molecule has 0 bridgehead atoms. The van der Waals surface area contributed by atoms with Gasteiger partial charge in [-0.25, -0.2) is 0 Å². The fourth-order valence-corrected chi connectivity index (χ4v) is 6.51. The highest BCUT2D eigenvalue weighted by Gasteiger charge is 2.35. The molecule has 5 heteroatoms. The number of aromatic hydroxyl groups is 1. The Hall–Kier alpha value is -3.32. The Bertz CT molecular complexity index is 1380. The summed E-state index contributed by atoms with van der Waals surface area (Å²) in [4.78, 5) is 7.55. The molecule has 0 fully saturated rings. The lowest BCUT2D eigenvalue weighted by Crippen LogP contribution is -2.37. The minimum atomic E-state index is 0.162. The van der Waals surface area contributed by atoms with Crippen LogP contribution >= 0.6 is 22.6 Å². The van der Waals surface area contributed by atoms with Crippen LogP contribution in [-0.4, -0.2) is 31.5 Å². The third-order valence-corrected chi connectivity index (χ3v) is 8.46. The van der Waals surface area contributed by atoms with Crippen LogP contribution in [0, 0.1) is 3.57 Å². The summed E-state index contributed by atoms with van der Waals surface area (Å²) in [6.45, 7) is 2.16. The van der Waals surface area contributed by atoms with E-state index >= 15 is 0 Å². The van der Waals surface area contributed by atoms with Crippen molar-refractivity contribution in [3.8, 4) is 11.5 Å². The number of methoxy groups -OCH3 is 1. The largest absolute Gasteiger partial charge is 0.504 e. The topological polar surface area (TPSA) is 45.1 Å². The van der Waals surface area contributed by atoms with E-state index < -0.39 is 0 Å². The quantitative estimate of drug-likeness (QED) is 0.189. The number of phenolic OH excluding ortho intramolecular Hbond substituents is 1. The van der Waals surface area contributed by atoms with Crippen LogP contribution in [0.1, 0.15) is 52.5 Å². The third-order valence-electron chi connectivity index (χ3n) is 7.63. The lowest BCUT2D eigenvalue weighted by molar-refractivity contribution is 0.371. The molecule has 2 aliphatic heterocycles. The zero-order chi connectivity index (χ0) is 25.4. The molecule has 0 aromatic heterocycles. The van der Waals surface area contributed by atoms with Crippen molar-refractivity contribution in [2.24, 2.45) is 4.99 Å². The van der Waals surface area contributed by atoms with Crippen LogP contribution < -0.4 is 9.64 Å². The van der Waals surface area contributed by atoms with Crippen LogP contribution in [0.15, 0.2) is 89.9 Å². The number of phenols is 1. The third kappa shape index (κ3) is 4.61. The fourth-order valence-electron chi connectivity index (χ4n) is 5.89. The molecule has 1 N–H and O–H groups in total. The monoisotopic (exact) mass is 600 g/mol. The number of anilines is 1. The molecule has 186 valence electrons. The molecule has 6 rings (SSSR count). The molecule has 2 atom stereocenters. The van der Waals surface area contributed by atoms with E-state index in [9.17, 15) is 5.11 Å². The Morgan fingerprint density at radius 1 is 0.865 bits per heavy atom. The summed E-state index contributed by atoms with van der Waals surface area (Å²) in [6.07, 6.45) is 4.08. The zero-order valence-electron chi connectivity index (χ0n) is 20.8. The van der Waals surface area contributed by atoms with Crippen molar-refractivity contribution in [1.29, 1.82) is 0 Å². The summed E-state index contributed by atoms with van der Waals surface area (Å²) in [5, 5.41) is 10.2. The van der Waals surface area contributed by atoms with Gasteiger partial charge in [0, 0.05) is 36.8 Å². The van der Waals surface area contributed by atoms with E-state index in [1.807, 2.05) is 18.3 Å². The molecular formula is C32H29IN2O2. The van der Waals surface area contributed by atoms with Gasteiger partial charge in [0.25, 0.3) is 0 Å². The summed E-state index contributed by atoms with van der Waals surface area (Å²) >= 11 is 2.12. The predicted octanol–water partition coefficient (Wildman–Crippen LogP) is 7.63. The van der Waals surface area contributed by atoms with Gasteiger partial charge in [-0.1, -0.05) is 60.7 Å². The van der Waals surface area contributed by atoms with E-state index in [1.165, 1.54) is 27.9 Å². The van der Waals surface area contributed by atoms with Crippen molar-refractivity contribution >= 4 is 40.2 Å². The number of ether oxygens (including phenoxy) is 1. The van der Waals surface area contributed by atoms with Gasteiger partial charge in [0.15, 0.2) is 11.5 Å². The normalized spacial score (nSPS) is 18.6. The molecule has 2 aliphatic rings. The SMILES string of the molecule is COc1cc(C=Nc2cc3c4c(c2)[C@H](c2ccccc2)CCN4CC[C@H]3c2ccccc2)cc(I)c1O. The lowest BCUT2D eigenvalue weighted by Gasteiger charge is -2.43. The summed E-state index contributed by atoms with van der Waals surface area (Å²) in [5.41, 5.74) is 8.74. The number of halogens is 1. The van der Waals surface area contributed by atoms with E-state index in [1.54, 1.807) is 7.11 Å². The number of nitrogens with zero attached hydrogens (tertiary/aromatic N) is 2. The van der Waals surface area contributed by atoms with Gasteiger partial charge in [0.05, 0.1) is 16.4 Å². The first-order valence-electron chi connectivity index (χ1n) is 12.8. The molecule has 37 heavy (non-hydrogen) atoms. The van der Waals surface area contributed by atoms with Gasteiger partial charge in [-0.15, -0.1) is 0 Å². The van der Waals surface area contributed by atoms with Gasteiger partial charge >= 0.3 is 0 Å². The van der Waals surface area contributed by atoms with Crippen molar-refractivity contribution < 1.29 is 9.84 Å². The van der Waals surface area contributed by atoms with Crippen molar-refractivity contribution in [2.45, 2.75) is 24.7 Å². The molecule has 0 aliphatic carbocycles. The Morgan fingerprint density at radius 2 is 1.43 bits per heavy atom. The standard InChI is InChI=1S/C32H29IN2O2/c1-37-30-17-21(16-29(33)32(30)36)20-34-24-18-27-25(22-8-4-2-5-9-22)12-14-35-15-13-26(28(19-24)31(27)35)23-10-6-3-7-11-23/h2-11,16-20,25-26,36H,12-15H2,1H3/t25-,26-/m0/s1. The molecular weight excluding hydrogens is 571 g/mol. The van der Waals surface area contributed by atoms with E-state index in [2.05, 4.69) is 100 Å². The Morgan fingerprint density at radius 3 is 1.97 bits per heavy atom. The van der Waals surface area contributed by atoms with Crippen LogP contribution in [0.3, 0.4) is 0 Å². The maximum absolute atomic E-state index is 10.2. The highest BCUT2D eigenvalue weighted by molar-refractivity contribution is 14.1. The van der Waals surface area contributed by atoms with Gasteiger partial charge in [0.1, 0.15) is 0 Å². The van der Waals surface area contributed by atoms with Gasteiger partial charge < -0.3 is 14.7 Å². The highest BCUT2D eigenvalue weighted by Crippen LogP contribution is 2.50. The van der Waals surface area contributed by atoms with Gasteiger partial charge in [-0.3, -0.25) is 4.99 Å². The second kappa shape index (κ2) is 10.2. The molecule has 4 nitrogen and oxygen atoms in total. The maximum atomic E-state index is 10.2. The predicted molar refractivity (Wildman–Crippen MR) is 159 cm³/mol. The van der Waals surface area contributed by atoms with Crippen LogP contribution in [0.4, 0.5) is 11.4 Å². The van der Waals surface area contributed by atoms with Crippen molar-refractivity contribution in [3.63, 3.8) is 0 Å². The molecule has 0 unspecified atom stereocenters. The van der Waals surface area contributed by atoms with Gasteiger partial charge in [-0.2, -0.15) is 0 Å². The smallest absolute Gasteiger partial charge is 0.171 e. The molecule has 0 saturated heterocycles. The van der Waals surface area contributed by atoms with Gasteiger partial charge in [0.2, 0.25) is 0 Å². The van der Waals surface area contributed by atoms with Crippen molar-refractivity contribution in [3.05, 3.63) is 116 Å². The van der Waals surface area contributed by atoms with Crippen LogP contribution in [-0.2, 0) is 0 Å². The van der Waals surface area contributed by atoms with Gasteiger partial charge in [-0.05, 0) is 87.5 Å². The summed E-state index contributed by atoms with van der Waals surface area (Å²) in [7, 11) is 1.57. The summed E-state index contributed by atoms with van der Waals surface area (Å²) in [6, 6.07) is 30.1. The molecule has 0 spiro atoms. The number of rotatable bonds is 5. The Balaban J connectivity index is 1.49. The second-order valence-electron chi connectivity index (χ2n) is 9.78. The highest BCUT2D eigenvalue weighted by atomic mass is 127. The zero-order valence-corrected chi connectivity index (χ0v) is 22.9. The average Bonchev–Trinajstić information content (AvgIpc) is 2.95. The van der Waals surface area contributed by atoms with E-state index in [4.69, 9.17) is 9.73 Å². The first-order chi connectivity index (χ1) is 18.1. The second-order valence-corrected chi connectivity index (χ2v) is 10.9. The Kier molecular flexibility index (Phi) is 6.63. The first kappa shape index (κ1) is 24.0. The van der Waals surface area contributed by atoms with Crippen LogP contribution in [0.25, 0.3) is 0 Å². The minimum Gasteiger partial charge on any atom is -0.504 e. The van der Waals surface area contributed by atoms with Crippen LogP contribution in [0.5, 0.6) is 11.5 Å². The number of hydrogen-bond donors (Lipinski definition) is 1. The summed E-state index contributed by atoms with van der Waals surface area (Å²) in [5.74, 6) is 1.32. The average molecular weight is 601 g/mol. The molecule has 4 aromatic carbocycles. The number of benzene rings is 4. The molecule has 0 radical (unpaired) electrons. The van der Waals surface area contributed by atoms with Crippen molar-refractivity contribution in [2.75, 3.05) is 25.1 Å². The summed E-state index contributed by atoms with van der Waals surface area (Å²) < 4.78 is 6.09. The number of hydrogen-bond acceptors (Lipinski definition) is 4. The molecule has 2 heterocycles. The maximum Gasteiger partial charge on any atom is 0.171 e.